The van der Waals surface area contributed by atoms with Crippen LogP contribution in [0, 0.1) is 0 Å². The molecule has 16 heavy (non-hydrogen) atoms. The number of aromatic nitrogens is 1. The highest BCUT2D eigenvalue weighted by atomic mass is 32.2. The summed E-state index contributed by atoms with van der Waals surface area (Å²) in [4.78, 5) is 15.9. The Kier molecular flexibility index (Phi) is 3.57. The van der Waals surface area contributed by atoms with Gasteiger partial charge in [-0.15, -0.1) is 0 Å². The molecule has 0 fully saturated rings. The van der Waals surface area contributed by atoms with Crippen LogP contribution in [0.5, 0.6) is 0 Å². The van der Waals surface area contributed by atoms with Crippen LogP contribution in [0.3, 0.4) is 0 Å². The van der Waals surface area contributed by atoms with E-state index in [1.54, 1.807) is 18.0 Å². The van der Waals surface area contributed by atoms with Crippen molar-refractivity contribution < 1.29 is 4.79 Å². The van der Waals surface area contributed by atoms with Crippen molar-refractivity contribution in [2.75, 3.05) is 12.0 Å². The molecule has 0 aliphatic rings. The minimum atomic E-state index is 0.267. The third-order valence-electron chi connectivity index (χ3n) is 2.43. The van der Waals surface area contributed by atoms with Gasteiger partial charge in [-0.2, -0.15) is 11.8 Å². The lowest BCUT2D eigenvalue weighted by Gasteiger charge is -2.04. The molecule has 0 bridgehead atoms. The first-order valence-corrected chi connectivity index (χ1v) is 6.54. The molecule has 0 spiro atoms. The van der Waals surface area contributed by atoms with Crippen molar-refractivity contribution in [2.45, 2.75) is 6.42 Å². The quantitative estimate of drug-likeness (QED) is 0.810. The van der Waals surface area contributed by atoms with Crippen LogP contribution in [0.1, 0.15) is 5.56 Å². The first-order valence-electron chi connectivity index (χ1n) is 5.14. The fourth-order valence-corrected chi connectivity index (χ4v) is 2.16. The number of hydrogen-bond acceptors (Lipinski definition) is 3. The number of benzene rings is 1. The molecule has 1 heterocycles. The lowest BCUT2D eigenvalue weighted by Crippen LogP contribution is -2.05. The van der Waals surface area contributed by atoms with Gasteiger partial charge in [0.15, 0.2) is 0 Å². The zero-order valence-corrected chi connectivity index (χ0v) is 9.96. The second-order valence-corrected chi connectivity index (χ2v) is 4.50. The Morgan fingerprint density at radius 3 is 2.94 bits per heavy atom. The van der Waals surface area contributed by atoms with E-state index in [-0.39, 0.29) is 5.78 Å². The van der Waals surface area contributed by atoms with Gasteiger partial charge in [-0.05, 0) is 24.0 Å². The topological polar surface area (TPSA) is 30.0 Å². The zero-order chi connectivity index (χ0) is 11.4. The Hall–Kier alpha value is -1.35. The van der Waals surface area contributed by atoms with Gasteiger partial charge in [-0.1, -0.05) is 18.2 Å². The Balaban J connectivity index is 2.33. The van der Waals surface area contributed by atoms with Crippen molar-refractivity contribution in [3.8, 4) is 0 Å². The minimum absolute atomic E-state index is 0.267. The Labute approximate surface area is 99.1 Å². The molecule has 1 aromatic carbocycles. The van der Waals surface area contributed by atoms with E-state index in [0.717, 1.165) is 16.5 Å². The molecule has 0 radical (unpaired) electrons. The highest BCUT2D eigenvalue weighted by molar-refractivity contribution is 7.99. The van der Waals surface area contributed by atoms with E-state index in [2.05, 4.69) is 4.98 Å². The monoisotopic (exact) mass is 231 g/mol. The van der Waals surface area contributed by atoms with Crippen LogP contribution >= 0.6 is 11.8 Å². The average molecular weight is 231 g/mol. The number of hydrogen-bond donors (Lipinski definition) is 0. The summed E-state index contributed by atoms with van der Waals surface area (Å²) in [5.74, 6) is 0.847. The van der Waals surface area contributed by atoms with Crippen molar-refractivity contribution in [1.29, 1.82) is 0 Å². The number of ketones is 1. The Morgan fingerprint density at radius 2 is 2.12 bits per heavy atom. The fraction of sp³-hybridized carbons (Fsp3) is 0.231. The van der Waals surface area contributed by atoms with Crippen LogP contribution < -0.4 is 0 Å². The molecule has 82 valence electrons. The number of Topliss-reactive ketones (excluding diaryl/α,β-unsaturated/α-hetero) is 1. The van der Waals surface area contributed by atoms with Crippen LogP contribution in [-0.2, 0) is 11.2 Å². The number of nitrogens with zero attached hydrogens (tertiary/aromatic N) is 1. The highest BCUT2D eigenvalue weighted by Crippen LogP contribution is 2.17. The number of rotatable bonds is 4. The number of para-hydroxylation sites is 1. The van der Waals surface area contributed by atoms with Crippen LogP contribution in [0.15, 0.2) is 36.5 Å². The van der Waals surface area contributed by atoms with Gasteiger partial charge in [-0.3, -0.25) is 9.78 Å². The third-order valence-corrected chi connectivity index (χ3v) is 3.04. The predicted octanol–water partition coefficient (Wildman–Crippen LogP) is 2.71. The number of pyridine rings is 1. The lowest BCUT2D eigenvalue weighted by molar-refractivity contribution is -0.115. The number of fused-ring (bicyclic) bond motifs is 1. The highest BCUT2D eigenvalue weighted by Gasteiger charge is 2.06. The summed E-state index contributed by atoms with van der Waals surface area (Å²) in [7, 11) is 0. The summed E-state index contributed by atoms with van der Waals surface area (Å²) in [5, 5.41) is 1.08. The smallest absolute Gasteiger partial charge is 0.147 e. The van der Waals surface area contributed by atoms with E-state index in [0.29, 0.717) is 12.2 Å². The van der Waals surface area contributed by atoms with Gasteiger partial charge >= 0.3 is 0 Å². The molecular weight excluding hydrogens is 218 g/mol. The van der Waals surface area contributed by atoms with Crippen molar-refractivity contribution in [1.82, 2.24) is 4.98 Å². The largest absolute Gasteiger partial charge is 0.298 e. The molecular formula is C13H13NOS. The fourth-order valence-electron chi connectivity index (χ4n) is 1.73. The molecule has 0 aliphatic heterocycles. The van der Waals surface area contributed by atoms with Gasteiger partial charge in [0.2, 0.25) is 0 Å². The first kappa shape index (κ1) is 11.1. The molecule has 0 saturated carbocycles. The average Bonchev–Trinajstić information content (AvgIpc) is 2.30. The van der Waals surface area contributed by atoms with Gasteiger partial charge in [0.1, 0.15) is 5.78 Å². The van der Waals surface area contributed by atoms with Gasteiger partial charge in [0, 0.05) is 18.0 Å². The van der Waals surface area contributed by atoms with Crippen molar-refractivity contribution in [3.63, 3.8) is 0 Å². The van der Waals surface area contributed by atoms with E-state index in [4.69, 9.17) is 0 Å². The molecule has 2 nitrogen and oxygen atoms in total. The number of carbonyl (C=O) groups is 1. The summed E-state index contributed by atoms with van der Waals surface area (Å²) in [6, 6.07) is 9.86. The molecule has 0 amide bonds. The first-order chi connectivity index (χ1) is 7.81. The van der Waals surface area contributed by atoms with E-state index >= 15 is 0 Å². The Bertz CT molecular complexity index is 505. The summed E-state index contributed by atoms with van der Waals surface area (Å²) >= 11 is 1.57. The maximum atomic E-state index is 11.6. The van der Waals surface area contributed by atoms with E-state index in [9.17, 15) is 4.79 Å². The lowest BCUT2D eigenvalue weighted by atomic mass is 10.0. The second kappa shape index (κ2) is 5.12. The molecule has 0 unspecified atom stereocenters. The van der Waals surface area contributed by atoms with Crippen LogP contribution in [0.4, 0.5) is 0 Å². The molecule has 3 heteroatoms. The normalized spacial score (nSPS) is 10.6. The molecule has 1 aromatic heterocycles. The molecule has 0 aliphatic carbocycles. The van der Waals surface area contributed by atoms with Gasteiger partial charge in [0.05, 0.1) is 11.3 Å². The van der Waals surface area contributed by atoms with E-state index in [1.807, 2.05) is 36.6 Å². The third kappa shape index (κ3) is 2.42. The van der Waals surface area contributed by atoms with Gasteiger partial charge < -0.3 is 0 Å². The van der Waals surface area contributed by atoms with E-state index in [1.165, 1.54) is 0 Å². The maximum Gasteiger partial charge on any atom is 0.147 e. The van der Waals surface area contributed by atoms with Crippen LogP contribution in [0.2, 0.25) is 0 Å². The predicted molar refractivity (Wildman–Crippen MR) is 68.8 cm³/mol. The van der Waals surface area contributed by atoms with Crippen molar-refractivity contribution in [2.24, 2.45) is 0 Å². The van der Waals surface area contributed by atoms with Crippen molar-refractivity contribution in [3.05, 3.63) is 42.1 Å². The van der Waals surface area contributed by atoms with Crippen molar-refractivity contribution >= 4 is 28.4 Å². The zero-order valence-electron chi connectivity index (χ0n) is 9.14. The summed E-state index contributed by atoms with van der Waals surface area (Å²) in [6.45, 7) is 0. The molecule has 0 N–H and O–H groups in total. The van der Waals surface area contributed by atoms with Crippen LogP contribution in [-0.4, -0.2) is 22.8 Å². The second-order valence-electron chi connectivity index (χ2n) is 3.64. The standard InChI is InChI=1S/C13H13NOS/c1-16-9-11(15)8-10-6-7-14-13-5-3-2-4-12(10)13/h2-7H,8-9H2,1H3. The SMILES string of the molecule is CSCC(=O)Cc1ccnc2ccccc12. The van der Waals surface area contributed by atoms with Crippen LogP contribution in [0.25, 0.3) is 10.9 Å². The number of thioether (sulfide) groups is 1. The molecule has 0 atom stereocenters. The minimum Gasteiger partial charge on any atom is -0.298 e. The molecule has 2 rings (SSSR count). The number of carbonyl (C=O) groups excluding carboxylic acids is 1. The van der Waals surface area contributed by atoms with Gasteiger partial charge in [-0.25, -0.2) is 0 Å². The summed E-state index contributed by atoms with van der Waals surface area (Å²) in [5.41, 5.74) is 2.03. The maximum absolute atomic E-state index is 11.6. The summed E-state index contributed by atoms with van der Waals surface area (Å²) in [6.07, 6.45) is 4.22. The molecule has 2 aromatic rings. The molecule has 0 saturated heterocycles. The summed E-state index contributed by atoms with van der Waals surface area (Å²) < 4.78 is 0. The Morgan fingerprint density at radius 1 is 1.31 bits per heavy atom. The van der Waals surface area contributed by atoms with Gasteiger partial charge in [0.25, 0.3) is 0 Å². The van der Waals surface area contributed by atoms with E-state index < -0.39 is 0 Å².